The fraction of sp³-hybridized carbons (Fsp3) is 0.333. The Labute approximate surface area is 118 Å². The molecule has 5 heteroatoms. The maximum atomic E-state index is 11.7. The summed E-state index contributed by atoms with van der Waals surface area (Å²) < 4.78 is 0. The fourth-order valence-corrected chi connectivity index (χ4v) is 2.28. The Hall–Kier alpha value is -2.30. The molecule has 0 aliphatic heterocycles. The molecule has 106 valence electrons. The van der Waals surface area contributed by atoms with Crippen LogP contribution in [-0.4, -0.2) is 31.0 Å². The minimum atomic E-state index is -0.00712. The van der Waals surface area contributed by atoms with E-state index >= 15 is 0 Å². The van der Waals surface area contributed by atoms with Crippen molar-refractivity contribution in [3.63, 3.8) is 0 Å². The van der Waals surface area contributed by atoms with Crippen molar-refractivity contribution in [2.24, 2.45) is 0 Å². The molecule has 1 aromatic heterocycles. The van der Waals surface area contributed by atoms with E-state index in [9.17, 15) is 4.79 Å². The molecule has 20 heavy (non-hydrogen) atoms. The van der Waals surface area contributed by atoms with Crippen LogP contribution in [0.2, 0.25) is 0 Å². The van der Waals surface area contributed by atoms with Crippen LogP contribution in [0.25, 0.3) is 10.8 Å². The standard InChI is InChI=1S/C15H20N4O/c1-3-8-19(10-15(20)17-2)14-5-4-13(16)11-6-7-18-9-12(11)14/h4-7,9H,3,8,10,16H2,1-2H3,(H,17,20). The van der Waals surface area contributed by atoms with Gasteiger partial charge in [-0.05, 0) is 24.6 Å². The first-order valence-corrected chi connectivity index (χ1v) is 6.75. The number of carbonyl (C=O) groups excluding carboxylic acids is 1. The molecule has 2 aromatic rings. The summed E-state index contributed by atoms with van der Waals surface area (Å²) in [6.45, 7) is 3.23. The lowest BCUT2D eigenvalue weighted by Crippen LogP contribution is -2.36. The van der Waals surface area contributed by atoms with Crippen molar-refractivity contribution in [2.75, 3.05) is 30.8 Å². The Bertz CT molecular complexity index is 612. The Morgan fingerprint density at radius 2 is 2.15 bits per heavy atom. The van der Waals surface area contributed by atoms with E-state index in [1.165, 1.54) is 0 Å². The normalized spacial score (nSPS) is 10.5. The summed E-state index contributed by atoms with van der Waals surface area (Å²) in [6, 6.07) is 5.74. The number of hydrogen-bond donors (Lipinski definition) is 2. The number of hydrogen-bond acceptors (Lipinski definition) is 4. The van der Waals surface area contributed by atoms with Gasteiger partial charge in [-0.15, -0.1) is 0 Å². The van der Waals surface area contributed by atoms with E-state index in [1.807, 2.05) is 18.2 Å². The summed E-state index contributed by atoms with van der Waals surface area (Å²) in [5.74, 6) is -0.00712. The number of rotatable bonds is 5. The molecule has 0 saturated heterocycles. The molecule has 0 fully saturated rings. The van der Waals surface area contributed by atoms with E-state index < -0.39 is 0 Å². The van der Waals surface area contributed by atoms with Gasteiger partial charge in [0.05, 0.1) is 6.54 Å². The molecular formula is C15H20N4O. The van der Waals surface area contributed by atoms with Crippen molar-refractivity contribution in [2.45, 2.75) is 13.3 Å². The average molecular weight is 272 g/mol. The van der Waals surface area contributed by atoms with Crippen molar-refractivity contribution in [3.8, 4) is 0 Å². The van der Waals surface area contributed by atoms with Crippen molar-refractivity contribution in [1.82, 2.24) is 10.3 Å². The summed E-state index contributed by atoms with van der Waals surface area (Å²) in [5.41, 5.74) is 7.72. The minimum absolute atomic E-state index is 0.00712. The highest BCUT2D eigenvalue weighted by Gasteiger charge is 2.13. The van der Waals surface area contributed by atoms with Crippen LogP contribution in [0.3, 0.4) is 0 Å². The first-order chi connectivity index (χ1) is 9.67. The third kappa shape index (κ3) is 2.82. The number of nitrogens with one attached hydrogen (secondary N) is 1. The average Bonchev–Trinajstić information content (AvgIpc) is 2.47. The van der Waals surface area contributed by atoms with Crippen LogP contribution in [0, 0.1) is 0 Å². The van der Waals surface area contributed by atoms with Crippen molar-refractivity contribution in [3.05, 3.63) is 30.6 Å². The second-order valence-electron chi connectivity index (χ2n) is 4.69. The predicted molar refractivity (Wildman–Crippen MR) is 82.7 cm³/mol. The number of nitrogens with zero attached hydrogens (tertiary/aromatic N) is 2. The lowest BCUT2D eigenvalue weighted by molar-refractivity contribution is -0.119. The topological polar surface area (TPSA) is 71.2 Å². The van der Waals surface area contributed by atoms with Crippen LogP contribution < -0.4 is 16.0 Å². The Morgan fingerprint density at radius 3 is 2.85 bits per heavy atom. The number of aromatic nitrogens is 1. The highest BCUT2D eigenvalue weighted by Crippen LogP contribution is 2.30. The van der Waals surface area contributed by atoms with Crippen LogP contribution in [0.1, 0.15) is 13.3 Å². The summed E-state index contributed by atoms with van der Waals surface area (Å²) in [4.78, 5) is 17.9. The highest BCUT2D eigenvalue weighted by atomic mass is 16.1. The van der Waals surface area contributed by atoms with Gasteiger partial charge >= 0.3 is 0 Å². The molecule has 5 nitrogen and oxygen atoms in total. The van der Waals surface area contributed by atoms with Crippen LogP contribution in [-0.2, 0) is 4.79 Å². The molecule has 0 aliphatic rings. The number of pyridine rings is 1. The number of nitrogens with two attached hydrogens (primary N) is 1. The third-order valence-corrected chi connectivity index (χ3v) is 3.28. The van der Waals surface area contributed by atoms with Gasteiger partial charge in [-0.1, -0.05) is 6.92 Å². The third-order valence-electron chi connectivity index (χ3n) is 3.28. The number of carbonyl (C=O) groups is 1. The van der Waals surface area contributed by atoms with Gasteiger partial charge in [-0.3, -0.25) is 9.78 Å². The summed E-state index contributed by atoms with van der Waals surface area (Å²) in [7, 11) is 1.65. The van der Waals surface area contributed by atoms with E-state index in [2.05, 4.69) is 22.1 Å². The van der Waals surface area contributed by atoms with Crippen LogP contribution in [0.15, 0.2) is 30.6 Å². The molecule has 1 amide bonds. The summed E-state index contributed by atoms with van der Waals surface area (Å²) in [6.07, 6.45) is 4.49. The minimum Gasteiger partial charge on any atom is -0.398 e. The van der Waals surface area contributed by atoms with E-state index in [0.29, 0.717) is 6.54 Å². The van der Waals surface area contributed by atoms with Crippen molar-refractivity contribution < 1.29 is 4.79 Å². The van der Waals surface area contributed by atoms with Gasteiger partial charge in [0.2, 0.25) is 5.91 Å². The largest absolute Gasteiger partial charge is 0.398 e. The maximum Gasteiger partial charge on any atom is 0.239 e. The van der Waals surface area contributed by atoms with Crippen LogP contribution in [0.5, 0.6) is 0 Å². The van der Waals surface area contributed by atoms with Gasteiger partial charge in [0.25, 0.3) is 0 Å². The number of benzene rings is 1. The van der Waals surface area contributed by atoms with E-state index in [4.69, 9.17) is 5.73 Å². The van der Waals surface area contributed by atoms with Gasteiger partial charge in [-0.25, -0.2) is 0 Å². The zero-order valence-corrected chi connectivity index (χ0v) is 11.9. The quantitative estimate of drug-likeness (QED) is 0.814. The molecule has 0 saturated carbocycles. The SMILES string of the molecule is CCCN(CC(=O)NC)c1ccc(N)c2ccncc12. The molecule has 0 radical (unpaired) electrons. The molecule has 3 N–H and O–H groups in total. The number of nitrogen functional groups attached to an aromatic ring is 1. The molecule has 0 bridgehead atoms. The molecular weight excluding hydrogens is 252 g/mol. The van der Waals surface area contributed by atoms with Crippen molar-refractivity contribution >= 4 is 28.1 Å². The fourth-order valence-electron chi connectivity index (χ4n) is 2.28. The molecule has 0 atom stereocenters. The Balaban J connectivity index is 2.47. The molecule has 1 aromatic carbocycles. The molecule has 1 heterocycles. The number of amides is 1. The lowest BCUT2D eigenvalue weighted by atomic mass is 10.1. The predicted octanol–water partition coefficient (Wildman–Crippen LogP) is 1.78. The van der Waals surface area contributed by atoms with Crippen LogP contribution in [0.4, 0.5) is 11.4 Å². The Kier molecular flexibility index (Phi) is 4.40. The lowest BCUT2D eigenvalue weighted by Gasteiger charge is -2.25. The van der Waals surface area contributed by atoms with E-state index in [1.54, 1.807) is 19.4 Å². The second-order valence-corrected chi connectivity index (χ2v) is 4.69. The van der Waals surface area contributed by atoms with Gasteiger partial charge in [0, 0.05) is 48.1 Å². The van der Waals surface area contributed by atoms with Crippen molar-refractivity contribution in [1.29, 1.82) is 0 Å². The van der Waals surface area contributed by atoms with E-state index in [0.717, 1.165) is 35.1 Å². The number of likely N-dealkylation sites (N-methyl/N-ethyl adjacent to an activating group) is 1. The number of anilines is 2. The van der Waals surface area contributed by atoms with Gasteiger partial charge < -0.3 is 16.0 Å². The van der Waals surface area contributed by atoms with E-state index in [-0.39, 0.29) is 5.91 Å². The van der Waals surface area contributed by atoms with Crippen LogP contribution >= 0.6 is 0 Å². The molecule has 0 spiro atoms. The second kappa shape index (κ2) is 6.23. The highest BCUT2D eigenvalue weighted by molar-refractivity contribution is 6.01. The first-order valence-electron chi connectivity index (χ1n) is 6.75. The smallest absolute Gasteiger partial charge is 0.239 e. The maximum absolute atomic E-state index is 11.7. The van der Waals surface area contributed by atoms with Gasteiger partial charge in [0.15, 0.2) is 0 Å². The Morgan fingerprint density at radius 1 is 1.35 bits per heavy atom. The molecule has 2 rings (SSSR count). The first kappa shape index (κ1) is 14.1. The molecule has 0 aliphatic carbocycles. The number of fused-ring (bicyclic) bond motifs is 1. The zero-order valence-electron chi connectivity index (χ0n) is 11.9. The summed E-state index contributed by atoms with van der Waals surface area (Å²) >= 11 is 0. The van der Waals surface area contributed by atoms with Gasteiger partial charge in [-0.2, -0.15) is 0 Å². The van der Waals surface area contributed by atoms with Gasteiger partial charge in [0.1, 0.15) is 0 Å². The molecule has 0 unspecified atom stereocenters. The summed E-state index contributed by atoms with van der Waals surface area (Å²) in [5, 5.41) is 4.61. The monoisotopic (exact) mass is 272 g/mol. The zero-order chi connectivity index (χ0) is 14.5.